The van der Waals surface area contributed by atoms with Gasteiger partial charge in [0, 0.05) is 14.0 Å². The van der Waals surface area contributed by atoms with Crippen molar-refractivity contribution in [3.63, 3.8) is 0 Å². The first kappa shape index (κ1) is 17.0. The van der Waals surface area contributed by atoms with E-state index < -0.39 is 6.04 Å². The van der Waals surface area contributed by atoms with Crippen LogP contribution in [0, 0.1) is 0 Å². The Balaban J connectivity index is 0.000000982. The first-order valence-electron chi connectivity index (χ1n) is 6.23. The number of likely N-dealkylation sites (N-methyl/N-ethyl adjacent to an activating group) is 1. The highest BCUT2D eigenvalue weighted by atomic mass is 16.3. The van der Waals surface area contributed by atoms with Gasteiger partial charge in [0.1, 0.15) is 11.8 Å². The molecule has 0 fully saturated rings. The number of carbonyl (C=O) groups excluding carboxylic acids is 2. The standard InChI is InChI=1S/C11H14N2O3.C3H8/c1-7(14)13-10(11(16)12-2)8-4-3-5-9(15)6-8;1-3-2/h3-6,10,15H,1-2H3,(H,12,16)(H,13,14);3H2,1-2H3. The second-order valence-corrected chi connectivity index (χ2v) is 4.05. The number of hydrogen-bond acceptors (Lipinski definition) is 3. The smallest absolute Gasteiger partial charge is 0.246 e. The van der Waals surface area contributed by atoms with Gasteiger partial charge in [-0.25, -0.2) is 0 Å². The summed E-state index contributed by atoms with van der Waals surface area (Å²) in [6.07, 6.45) is 1.25. The summed E-state index contributed by atoms with van der Waals surface area (Å²) in [6.45, 7) is 5.58. The third-order valence-corrected chi connectivity index (χ3v) is 2.06. The first-order chi connectivity index (χ1) is 8.96. The summed E-state index contributed by atoms with van der Waals surface area (Å²) in [5.41, 5.74) is 0.537. The van der Waals surface area contributed by atoms with Crippen LogP contribution in [0.1, 0.15) is 38.8 Å². The Morgan fingerprint density at radius 1 is 1.32 bits per heavy atom. The molecule has 5 heteroatoms. The molecule has 0 aliphatic heterocycles. The number of aromatic hydroxyl groups is 1. The van der Waals surface area contributed by atoms with Crippen molar-refractivity contribution in [2.75, 3.05) is 7.05 Å². The summed E-state index contributed by atoms with van der Waals surface area (Å²) in [4.78, 5) is 22.5. The van der Waals surface area contributed by atoms with Crippen molar-refractivity contribution < 1.29 is 14.7 Å². The van der Waals surface area contributed by atoms with E-state index in [1.54, 1.807) is 12.1 Å². The van der Waals surface area contributed by atoms with Crippen LogP contribution in [0.2, 0.25) is 0 Å². The number of carbonyl (C=O) groups is 2. The minimum absolute atomic E-state index is 0.0526. The van der Waals surface area contributed by atoms with Crippen LogP contribution in [-0.4, -0.2) is 24.0 Å². The Bertz CT molecular complexity index is 419. The van der Waals surface area contributed by atoms with Gasteiger partial charge in [-0.05, 0) is 17.7 Å². The van der Waals surface area contributed by atoms with Crippen LogP contribution in [0.5, 0.6) is 5.75 Å². The van der Waals surface area contributed by atoms with Gasteiger partial charge in [-0.1, -0.05) is 32.4 Å². The Labute approximate surface area is 114 Å². The Morgan fingerprint density at radius 2 is 1.89 bits per heavy atom. The molecule has 5 nitrogen and oxygen atoms in total. The zero-order chi connectivity index (χ0) is 14.8. The molecule has 0 saturated carbocycles. The van der Waals surface area contributed by atoms with Crippen LogP contribution in [0.25, 0.3) is 0 Å². The predicted octanol–water partition coefficient (Wildman–Crippen LogP) is 1.73. The highest BCUT2D eigenvalue weighted by Gasteiger charge is 2.20. The third kappa shape index (κ3) is 6.45. The second kappa shape index (κ2) is 8.97. The molecular weight excluding hydrogens is 244 g/mol. The summed E-state index contributed by atoms with van der Waals surface area (Å²) < 4.78 is 0. The largest absolute Gasteiger partial charge is 0.508 e. The summed E-state index contributed by atoms with van der Waals surface area (Å²) in [6, 6.07) is 5.43. The molecule has 0 saturated heterocycles. The Hall–Kier alpha value is -2.04. The lowest BCUT2D eigenvalue weighted by molar-refractivity contribution is -0.127. The topological polar surface area (TPSA) is 78.4 Å². The van der Waals surface area contributed by atoms with E-state index in [0.717, 1.165) is 0 Å². The molecule has 0 spiro atoms. The molecule has 19 heavy (non-hydrogen) atoms. The van der Waals surface area contributed by atoms with Gasteiger partial charge in [0.15, 0.2) is 0 Å². The molecule has 1 aromatic carbocycles. The molecule has 1 atom stereocenters. The van der Waals surface area contributed by atoms with Crippen molar-refractivity contribution in [1.82, 2.24) is 10.6 Å². The molecule has 3 N–H and O–H groups in total. The van der Waals surface area contributed by atoms with Gasteiger partial charge in [0.05, 0.1) is 0 Å². The molecule has 0 heterocycles. The van der Waals surface area contributed by atoms with Crippen LogP contribution in [0.15, 0.2) is 24.3 Å². The zero-order valence-corrected chi connectivity index (χ0v) is 11.9. The first-order valence-corrected chi connectivity index (χ1v) is 6.23. The minimum atomic E-state index is -0.783. The van der Waals surface area contributed by atoms with Crippen molar-refractivity contribution >= 4 is 11.8 Å². The van der Waals surface area contributed by atoms with Gasteiger partial charge >= 0.3 is 0 Å². The van der Waals surface area contributed by atoms with Gasteiger partial charge in [-0.3, -0.25) is 9.59 Å². The SMILES string of the molecule is CCC.CNC(=O)C(NC(C)=O)c1cccc(O)c1. The van der Waals surface area contributed by atoms with Gasteiger partial charge < -0.3 is 15.7 Å². The third-order valence-electron chi connectivity index (χ3n) is 2.06. The van der Waals surface area contributed by atoms with Crippen molar-refractivity contribution in [3.05, 3.63) is 29.8 Å². The van der Waals surface area contributed by atoms with E-state index in [1.807, 2.05) is 0 Å². The highest BCUT2D eigenvalue weighted by molar-refractivity contribution is 5.87. The van der Waals surface area contributed by atoms with Crippen LogP contribution >= 0.6 is 0 Å². The van der Waals surface area contributed by atoms with Crippen LogP contribution in [0.3, 0.4) is 0 Å². The maximum Gasteiger partial charge on any atom is 0.246 e. The maximum atomic E-state index is 11.6. The minimum Gasteiger partial charge on any atom is -0.508 e. The molecule has 0 aliphatic carbocycles. The molecule has 0 aromatic heterocycles. The molecule has 0 bridgehead atoms. The Morgan fingerprint density at radius 3 is 2.32 bits per heavy atom. The number of rotatable bonds is 3. The van der Waals surface area contributed by atoms with Gasteiger partial charge in [-0.15, -0.1) is 0 Å². The van der Waals surface area contributed by atoms with Crippen LogP contribution in [-0.2, 0) is 9.59 Å². The number of phenols is 1. The number of hydrogen-bond donors (Lipinski definition) is 3. The molecule has 1 rings (SSSR count). The number of phenolic OH excluding ortho intramolecular Hbond substituents is 1. The van der Waals surface area contributed by atoms with E-state index >= 15 is 0 Å². The lowest BCUT2D eigenvalue weighted by Crippen LogP contribution is -2.37. The quantitative estimate of drug-likeness (QED) is 0.779. The van der Waals surface area contributed by atoms with Gasteiger partial charge in [-0.2, -0.15) is 0 Å². The average Bonchev–Trinajstić information content (AvgIpc) is 2.36. The van der Waals surface area contributed by atoms with E-state index in [4.69, 9.17) is 0 Å². The van der Waals surface area contributed by atoms with Gasteiger partial charge in [0.2, 0.25) is 11.8 Å². The normalized spacial score (nSPS) is 10.7. The molecule has 2 amide bonds. The van der Waals surface area contributed by atoms with E-state index in [9.17, 15) is 14.7 Å². The molecule has 0 radical (unpaired) electrons. The number of nitrogens with one attached hydrogen (secondary N) is 2. The Kier molecular flexibility index (Phi) is 8.00. The fraction of sp³-hybridized carbons (Fsp3) is 0.429. The summed E-state index contributed by atoms with van der Waals surface area (Å²) >= 11 is 0. The molecule has 1 aromatic rings. The predicted molar refractivity (Wildman–Crippen MR) is 74.7 cm³/mol. The van der Waals surface area contributed by atoms with Gasteiger partial charge in [0.25, 0.3) is 0 Å². The maximum absolute atomic E-state index is 11.6. The van der Waals surface area contributed by atoms with Crippen LogP contribution < -0.4 is 10.6 Å². The molecule has 106 valence electrons. The summed E-state index contributed by atoms with van der Waals surface area (Å²) in [5.74, 6) is -0.588. The fourth-order valence-corrected chi connectivity index (χ4v) is 1.35. The summed E-state index contributed by atoms with van der Waals surface area (Å²) in [7, 11) is 1.49. The molecule has 1 unspecified atom stereocenters. The monoisotopic (exact) mass is 266 g/mol. The second-order valence-electron chi connectivity index (χ2n) is 4.05. The number of benzene rings is 1. The van der Waals surface area contributed by atoms with E-state index in [-0.39, 0.29) is 17.6 Å². The van der Waals surface area contributed by atoms with E-state index in [1.165, 1.54) is 32.5 Å². The highest BCUT2D eigenvalue weighted by Crippen LogP contribution is 2.18. The van der Waals surface area contributed by atoms with E-state index in [2.05, 4.69) is 24.5 Å². The fourth-order valence-electron chi connectivity index (χ4n) is 1.35. The van der Waals surface area contributed by atoms with E-state index in [0.29, 0.717) is 5.56 Å². The molecule has 0 aliphatic rings. The van der Waals surface area contributed by atoms with Crippen molar-refractivity contribution in [3.8, 4) is 5.75 Å². The molecular formula is C14H22N2O3. The lowest BCUT2D eigenvalue weighted by atomic mass is 10.1. The lowest BCUT2D eigenvalue weighted by Gasteiger charge is -2.16. The van der Waals surface area contributed by atoms with Crippen molar-refractivity contribution in [2.24, 2.45) is 0 Å². The van der Waals surface area contributed by atoms with Crippen molar-refractivity contribution in [2.45, 2.75) is 33.2 Å². The number of amides is 2. The zero-order valence-electron chi connectivity index (χ0n) is 11.9. The summed E-state index contributed by atoms with van der Waals surface area (Å²) in [5, 5.41) is 14.3. The van der Waals surface area contributed by atoms with Crippen LogP contribution in [0.4, 0.5) is 0 Å². The average molecular weight is 266 g/mol. The van der Waals surface area contributed by atoms with Crippen molar-refractivity contribution in [1.29, 1.82) is 0 Å².